The van der Waals surface area contributed by atoms with E-state index in [4.69, 9.17) is 0 Å². The molecule has 2 aromatic heterocycles. The van der Waals surface area contributed by atoms with Gasteiger partial charge in [-0.2, -0.15) is 18.2 Å². The third kappa shape index (κ3) is 5.15. The monoisotopic (exact) mass is 383 g/mol. The Bertz CT molecular complexity index is 810. The number of hydrogen-bond donors (Lipinski definition) is 3. The lowest BCUT2D eigenvalue weighted by Crippen LogP contribution is -2.17. The summed E-state index contributed by atoms with van der Waals surface area (Å²) in [6.07, 6.45) is -0.662. The Labute approximate surface area is 151 Å². The molecule has 144 valence electrons. The Morgan fingerprint density at radius 2 is 1.89 bits per heavy atom. The van der Waals surface area contributed by atoms with Crippen LogP contribution in [0.3, 0.4) is 0 Å². The van der Waals surface area contributed by atoms with Crippen LogP contribution in [0.2, 0.25) is 0 Å². The van der Waals surface area contributed by atoms with Crippen LogP contribution in [0.4, 0.5) is 36.4 Å². The lowest BCUT2D eigenvalue weighted by atomic mass is 10.3. The van der Waals surface area contributed by atoms with Crippen molar-refractivity contribution >= 4 is 23.3 Å². The van der Waals surface area contributed by atoms with Crippen molar-refractivity contribution in [3.05, 3.63) is 40.2 Å². The molecule has 2 aromatic rings. The topological polar surface area (TPSA) is 118 Å². The van der Waals surface area contributed by atoms with E-state index in [9.17, 15) is 23.3 Å². The van der Waals surface area contributed by atoms with Gasteiger partial charge in [0.05, 0.1) is 10.5 Å². The first-order chi connectivity index (χ1) is 12.8. The van der Waals surface area contributed by atoms with E-state index in [1.165, 1.54) is 6.07 Å². The van der Waals surface area contributed by atoms with E-state index in [1.807, 2.05) is 0 Å². The standard InChI is InChI=1S/C15H16F3N7O2/c16-15(17,18)9-1-4-12(21-7-9)19-5-6-20-14-22-8-11(25(26)27)13(24-14)23-10-2-3-10/h1,4,7-8,10H,2-3,5-6H2,(H,19,21)(H2,20,22,23,24). The predicted molar refractivity (Wildman–Crippen MR) is 91.5 cm³/mol. The number of alkyl halides is 3. The minimum Gasteiger partial charge on any atom is -0.368 e. The number of nitrogens with one attached hydrogen (secondary N) is 3. The van der Waals surface area contributed by atoms with Crippen molar-refractivity contribution in [1.82, 2.24) is 15.0 Å². The number of halogens is 3. The first-order valence-corrected chi connectivity index (χ1v) is 8.12. The minimum absolute atomic E-state index is 0.164. The molecular formula is C15H16F3N7O2. The van der Waals surface area contributed by atoms with Gasteiger partial charge in [0.2, 0.25) is 11.8 Å². The Morgan fingerprint density at radius 3 is 2.48 bits per heavy atom. The van der Waals surface area contributed by atoms with Crippen LogP contribution in [-0.2, 0) is 6.18 Å². The van der Waals surface area contributed by atoms with Gasteiger partial charge in [-0.25, -0.2) is 9.97 Å². The molecule has 1 aliphatic rings. The quantitative estimate of drug-likeness (QED) is 0.362. The molecule has 0 unspecified atom stereocenters. The van der Waals surface area contributed by atoms with Gasteiger partial charge in [-0.15, -0.1) is 0 Å². The molecule has 0 bridgehead atoms. The second kappa shape index (κ2) is 7.60. The van der Waals surface area contributed by atoms with Crippen molar-refractivity contribution in [2.24, 2.45) is 0 Å². The van der Waals surface area contributed by atoms with E-state index < -0.39 is 16.7 Å². The Morgan fingerprint density at radius 1 is 1.15 bits per heavy atom. The Hall–Kier alpha value is -3.18. The third-order valence-corrected chi connectivity index (χ3v) is 3.69. The van der Waals surface area contributed by atoms with Gasteiger partial charge in [0.25, 0.3) is 0 Å². The van der Waals surface area contributed by atoms with Crippen molar-refractivity contribution in [2.75, 3.05) is 29.0 Å². The molecule has 1 saturated carbocycles. The highest BCUT2D eigenvalue weighted by Crippen LogP contribution is 2.30. The SMILES string of the molecule is O=[N+]([O-])c1cnc(NCCNc2ccc(C(F)(F)F)cn2)nc1NC1CC1. The van der Waals surface area contributed by atoms with Gasteiger partial charge in [0.1, 0.15) is 12.0 Å². The summed E-state index contributed by atoms with van der Waals surface area (Å²) < 4.78 is 37.4. The average molecular weight is 383 g/mol. The minimum atomic E-state index is -4.42. The number of nitrogens with zero attached hydrogens (tertiary/aromatic N) is 4. The fourth-order valence-corrected chi connectivity index (χ4v) is 2.15. The van der Waals surface area contributed by atoms with Gasteiger partial charge in [-0.05, 0) is 25.0 Å². The van der Waals surface area contributed by atoms with E-state index in [1.54, 1.807) is 0 Å². The van der Waals surface area contributed by atoms with Gasteiger partial charge in [0, 0.05) is 25.3 Å². The number of pyridine rings is 1. The summed E-state index contributed by atoms with van der Waals surface area (Å²) in [5, 5.41) is 19.8. The normalized spacial score (nSPS) is 13.9. The number of hydrogen-bond acceptors (Lipinski definition) is 8. The van der Waals surface area contributed by atoms with Gasteiger partial charge >= 0.3 is 11.9 Å². The van der Waals surface area contributed by atoms with E-state index in [2.05, 4.69) is 30.9 Å². The highest BCUT2D eigenvalue weighted by molar-refractivity contribution is 5.58. The number of nitro groups is 1. The molecule has 12 heteroatoms. The lowest BCUT2D eigenvalue weighted by molar-refractivity contribution is -0.384. The fraction of sp³-hybridized carbons (Fsp3) is 0.400. The molecular weight excluding hydrogens is 367 g/mol. The molecule has 1 aliphatic carbocycles. The summed E-state index contributed by atoms with van der Waals surface area (Å²) in [7, 11) is 0. The molecule has 3 rings (SSSR count). The van der Waals surface area contributed by atoms with Crippen LogP contribution in [0.1, 0.15) is 18.4 Å². The number of rotatable bonds is 8. The van der Waals surface area contributed by atoms with Crippen molar-refractivity contribution in [3.63, 3.8) is 0 Å². The van der Waals surface area contributed by atoms with E-state index in [0.29, 0.717) is 18.9 Å². The molecule has 0 saturated heterocycles. The molecule has 3 N–H and O–H groups in total. The van der Waals surface area contributed by atoms with Gasteiger partial charge in [0.15, 0.2) is 0 Å². The maximum Gasteiger partial charge on any atom is 0.417 e. The van der Waals surface area contributed by atoms with Crippen LogP contribution in [0.15, 0.2) is 24.5 Å². The summed E-state index contributed by atoms with van der Waals surface area (Å²) in [5.41, 5.74) is -1.01. The van der Waals surface area contributed by atoms with Crippen molar-refractivity contribution in [1.29, 1.82) is 0 Å². The molecule has 27 heavy (non-hydrogen) atoms. The van der Waals surface area contributed by atoms with Crippen molar-refractivity contribution < 1.29 is 18.1 Å². The zero-order chi connectivity index (χ0) is 19.4. The van der Waals surface area contributed by atoms with Gasteiger partial charge in [-0.1, -0.05) is 0 Å². The van der Waals surface area contributed by atoms with Crippen molar-refractivity contribution in [2.45, 2.75) is 25.1 Å². The average Bonchev–Trinajstić information content (AvgIpc) is 3.42. The maximum atomic E-state index is 12.5. The zero-order valence-corrected chi connectivity index (χ0v) is 14.0. The van der Waals surface area contributed by atoms with Crippen LogP contribution < -0.4 is 16.0 Å². The maximum absolute atomic E-state index is 12.5. The lowest BCUT2D eigenvalue weighted by Gasteiger charge is -2.10. The van der Waals surface area contributed by atoms with Gasteiger partial charge in [-0.3, -0.25) is 10.1 Å². The molecule has 9 nitrogen and oxygen atoms in total. The first kappa shape index (κ1) is 18.6. The number of aromatic nitrogens is 3. The Balaban J connectivity index is 1.52. The smallest absolute Gasteiger partial charge is 0.368 e. The molecule has 0 spiro atoms. The van der Waals surface area contributed by atoms with Crippen LogP contribution in [0, 0.1) is 10.1 Å². The second-order valence-electron chi connectivity index (χ2n) is 5.89. The fourth-order valence-electron chi connectivity index (χ4n) is 2.15. The summed E-state index contributed by atoms with van der Waals surface area (Å²) in [4.78, 5) is 22.2. The second-order valence-corrected chi connectivity index (χ2v) is 5.89. The van der Waals surface area contributed by atoms with Gasteiger partial charge < -0.3 is 16.0 Å². The predicted octanol–water partition coefficient (Wildman–Crippen LogP) is 2.90. The summed E-state index contributed by atoms with van der Waals surface area (Å²) >= 11 is 0. The summed E-state index contributed by atoms with van der Waals surface area (Å²) in [5.74, 6) is 0.675. The van der Waals surface area contributed by atoms with Crippen LogP contribution in [-0.4, -0.2) is 39.0 Å². The molecule has 0 aromatic carbocycles. The molecule has 2 heterocycles. The zero-order valence-electron chi connectivity index (χ0n) is 14.0. The van der Waals surface area contributed by atoms with E-state index >= 15 is 0 Å². The third-order valence-electron chi connectivity index (χ3n) is 3.69. The highest BCUT2D eigenvalue weighted by atomic mass is 19.4. The molecule has 0 amide bonds. The van der Waals surface area contributed by atoms with Crippen molar-refractivity contribution in [3.8, 4) is 0 Å². The summed E-state index contributed by atoms with van der Waals surface area (Å²) in [6.45, 7) is 0.674. The summed E-state index contributed by atoms with van der Waals surface area (Å²) in [6, 6.07) is 2.37. The molecule has 1 fully saturated rings. The molecule has 0 aliphatic heterocycles. The molecule has 0 atom stereocenters. The van der Waals surface area contributed by atoms with E-state index in [-0.39, 0.29) is 23.5 Å². The highest BCUT2D eigenvalue weighted by Gasteiger charge is 2.30. The van der Waals surface area contributed by atoms with Crippen LogP contribution >= 0.6 is 0 Å². The molecule has 0 radical (unpaired) electrons. The van der Waals surface area contributed by atoms with Crippen LogP contribution in [0.25, 0.3) is 0 Å². The van der Waals surface area contributed by atoms with Crippen LogP contribution in [0.5, 0.6) is 0 Å². The van der Waals surface area contributed by atoms with E-state index in [0.717, 1.165) is 31.3 Å². The Kier molecular flexibility index (Phi) is 5.23. The first-order valence-electron chi connectivity index (χ1n) is 8.12. The largest absolute Gasteiger partial charge is 0.417 e. The number of anilines is 3.